The van der Waals surface area contributed by atoms with Crippen LogP contribution in [0.3, 0.4) is 0 Å². The first kappa shape index (κ1) is 14.5. The second-order valence-corrected chi connectivity index (χ2v) is 5.46. The molecule has 104 valence electrons. The number of hydrogen-bond acceptors (Lipinski definition) is 4. The molecule has 0 amide bonds. The maximum absolute atomic E-state index is 9.31. The molecule has 0 atom stereocenters. The highest BCUT2D eigenvalue weighted by molar-refractivity contribution is 6.58. The Hall–Kier alpha value is -0.875. The molecule has 0 saturated carbocycles. The van der Waals surface area contributed by atoms with E-state index >= 15 is 0 Å². The minimum absolute atomic E-state index is 0.522. The summed E-state index contributed by atoms with van der Waals surface area (Å²) in [5.74, 6) is 0.522. The first-order chi connectivity index (χ1) is 9.08. The van der Waals surface area contributed by atoms with E-state index < -0.39 is 7.12 Å². The van der Waals surface area contributed by atoms with E-state index in [1.54, 1.807) is 0 Å². The quantitative estimate of drug-likeness (QED) is 0.768. The summed E-state index contributed by atoms with van der Waals surface area (Å²) in [6, 6.07) is 5.77. The van der Waals surface area contributed by atoms with Crippen LogP contribution in [0.15, 0.2) is 18.2 Å². The van der Waals surface area contributed by atoms with Crippen molar-refractivity contribution in [1.29, 1.82) is 0 Å². The van der Waals surface area contributed by atoms with Gasteiger partial charge in [-0.15, -0.1) is 0 Å². The van der Waals surface area contributed by atoms with Gasteiger partial charge in [-0.1, -0.05) is 18.2 Å². The Kier molecular flexibility index (Phi) is 4.99. The Morgan fingerprint density at radius 2 is 1.95 bits per heavy atom. The van der Waals surface area contributed by atoms with E-state index in [4.69, 9.17) is 4.74 Å². The molecule has 0 spiro atoms. The predicted molar refractivity (Wildman–Crippen MR) is 76.5 cm³/mol. The van der Waals surface area contributed by atoms with Crippen LogP contribution in [-0.2, 0) is 11.3 Å². The van der Waals surface area contributed by atoms with Crippen LogP contribution in [0.2, 0.25) is 0 Å². The number of benzene rings is 1. The third-order valence-electron chi connectivity index (χ3n) is 3.61. The van der Waals surface area contributed by atoms with Crippen molar-refractivity contribution in [1.82, 2.24) is 4.90 Å². The lowest BCUT2D eigenvalue weighted by Gasteiger charge is -2.26. The Morgan fingerprint density at radius 1 is 1.26 bits per heavy atom. The van der Waals surface area contributed by atoms with Crippen molar-refractivity contribution in [2.75, 3.05) is 27.3 Å². The van der Waals surface area contributed by atoms with Gasteiger partial charge in [-0.3, -0.25) is 0 Å². The highest BCUT2D eigenvalue weighted by Gasteiger charge is 2.21. The molecule has 0 unspecified atom stereocenters. The third kappa shape index (κ3) is 3.80. The van der Waals surface area contributed by atoms with Gasteiger partial charge in [-0.2, -0.15) is 0 Å². The molecule has 2 N–H and O–H groups in total. The van der Waals surface area contributed by atoms with Crippen LogP contribution in [0.4, 0.5) is 0 Å². The molecule has 1 fully saturated rings. The summed E-state index contributed by atoms with van der Waals surface area (Å²) in [5.41, 5.74) is 3.07. The van der Waals surface area contributed by atoms with Crippen molar-refractivity contribution in [2.45, 2.75) is 25.3 Å². The molecular weight excluding hydrogens is 241 g/mol. The fourth-order valence-electron chi connectivity index (χ4n) is 2.67. The number of rotatable bonds is 4. The molecular formula is C14H22BNO3. The summed E-state index contributed by atoms with van der Waals surface area (Å²) in [5, 5.41) is 18.6. The summed E-state index contributed by atoms with van der Waals surface area (Å²) in [6.45, 7) is 2.44. The van der Waals surface area contributed by atoms with Gasteiger partial charge in [0.25, 0.3) is 0 Å². The van der Waals surface area contributed by atoms with E-state index in [1.165, 1.54) is 11.1 Å². The molecule has 1 aromatic carbocycles. The van der Waals surface area contributed by atoms with Gasteiger partial charge in [-0.25, -0.2) is 0 Å². The Labute approximate surface area is 115 Å². The van der Waals surface area contributed by atoms with Crippen molar-refractivity contribution in [2.24, 2.45) is 0 Å². The van der Waals surface area contributed by atoms with Crippen molar-refractivity contribution < 1.29 is 14.8 Å². The summed E-state index contributed by atoms with van der Waals surface area (Å²) < 4.78 is 5.41. The molecule has 19 heavy (non-hydrogen) atoms. The van der Waals surface area contributed by atoms with Gasteiger partial charge in [0.05, 0.1) is 0 Å². The van der Waals surface area contributed by atoms with Gasteiger partial charge in [0.15, 0.2) is 0 Å². The van der Waals surface area contributed by atoms with Crippen molar-refractivity contribution >= 4 is 12.6 Å². The minimum Gasteiger partial charge on any atom is -0.423 e. The summed E-state index contributed by atoms with van der Waals surface area (Å²) in [4.78, 5) is 2.10. The van der Waals surface area contributed by atoms with Gasteiger partial charge >= 0.3 is 7.12 Å². The summed E-state index contributed by atoms with van der Waals surface area (Å²) in [7, 11) is 2.65. The van der Waals surface area contributed by atoms with Crippen LogP contribution in [0.5, 0.6) is 0 Å². The summed E-state index contributed by atoms with van der Waals surface area (Å²) >= 11 is 0. The maximum atomic E-state index is 9.31. The molecule has 0 aliphatic carbocycles. The first-order valence-electron chi connectivity index (χ1n) is 6.79. The molecule has 4 nitrogen and oxygen atoms in total. The molecule has 1 heterocycles. The molecule has 1 aliphatic rings. The molecule has 2 rings (SSSR count). The van der Waals surface area contributed by atoms with E-state index in [2.05, 4.69) is 4.90 Å². The average Bonchev–Trinajstić information content (AvgIpc) is 2.39. The Morgan fingerprint density at radius 3 is 2.53 bits per heavy atom. The topological polar surface area (TPSA) is 52.9 Å². The van der Waals surface area contributed by atoms with Crippen LogP contribution >= 0.6 is 0 Å². The maximum Gasteiger partial charge on any atom is 0.488 e. The Balaban J connectivity index is 2.29. The van der Waals surface area contributed by atoms with Crippen LogP contribution in [-0.4, -0.2) is 49.4 Å². The van der Waals surface area contributed by atoms with Crippen LogP contribution in [0, 0.1) is 0 Å². The largest absolute Gasteiger partial charge is 0.488 e. The molecule has 0 aromatic heterocycles. The molecule has 1 aromatic rings. The standard InChI is InChI=1S/C14H22BNO3/c1-16(2)10-12-9-13(15(17)18)3-4-14(12)11-5-7-19-8-6-11/h3-4,9,11,17-18H,5-8,10H2,1-2H3. The second kappa shape index (κ2) is 6.52. The highest BCUT2D eigenvalue weighted by Crippen LogP contribution is 2.29. The van der Waals surface area contributed by atoms with Gasteiger partial charge < -0.3 is 19.7 Å². The zero-order valence-corrected chi connectivity index (χ0v) is 11.7. The number of ether oxygens (including phenoxy) is 1. The van der Waals surface area contributed by atoms with E-state index in [0.29, 0.717) is 11.4 Å². The lowest BCUT2D eigenvalue weighted by atomic mass is 9.77. The van der Waals surface area contributed by atoms with Gasteiger partial charge in [0.1, 0.15) is 0 Å². The minimum atomic E-state index is -1.40. The number of hydrogen-bond donors (Lipinski definition) is 2. The fraction of sp³-hybridized carbons (Fsp3) is 0.571. The highest BCUT2D eigenvalue weighted by atomic mass is 16.5. The van der Waals surface area contributed by atoms with Crippen molar-refractivity contribution in [3.63, 3.8) is 0 Å². The number of nitrogens with zero attached hydrogens (tertiary/aromatic N) is 1. The Bertz CT molecular complexity index is 417. The third-order valence-corrected chi connectivity index (χ3v) is 3.61. The van der Waals surface area contributed by atoms with E-state index in [9.17, 15) is 10.0 Å². The summed E-state index contributed by atoms with van der Waals surface area (Å²) in [6.07, 6.45) is 2.09. The lowest BCUT2D eigenvalue weighted by Crippen LogP contribution is -2.31. The van der Waals surface area contributed by atoms with Crippen LogP contribution < -0.4 is 5.46 Å². The van der Waals surface area contributed by atoms with E-state index in [0.717, 1.165) is 32.6 Å². The molecule has 0 bridgehead atoms. The SMILES string of the molecule is CN(C)Cc1cc(B(O)O)ccc1C1CCOCC1. The zero-order chi connectivity index (χ0) is 13.8. The van der Waals surface area contributed by atoms with Gasteiger partial charge in [0, 0.05) is 19.8 Å². The monoisotopic (exact) mass is 263 g/mol. The zero-order valence-electron chi connectivity index (χ0n) is 11.7. The molecule has 0 radical (unpaired) electrons. The smallest absolute Gasteiger partial charge is 0.423 e. The van der Waals surface area contributed by atoms with Gasteiger partial charge in [0.2, 0.25) is 0 Å². The van der Waals surface area contributed by atoms with Gasteiger partial charge in [-0.05, 0) is 49.4 Å². The van der Waals surface area contributed by atoms with E-state index in [1.807, 2.05) is 32.3 Å². The second-order valence-electron chi connectivity index (χ2n) is 5.46. The van der Waals surface area contributed by atoms with Crippen LogP contribution in [0.25, 0.3) is 0 Å². The molecule has 5 heteroatoms. The predicted octanol–water partition coefficient (Wildman–Crippen LogP) is 0.322. The van der Waals surface area contributed by atoms with E-state index in [-0.39, 0.29) is 0 Å². The average molecular weight is 263 g/mol. The molecule has 1 aliphatic heterocycles. The lowest BCUT2D eigenvalue weighted by molar-refractivity contribution is 0.0850. The fourth-order valence-corrected chi connectivity index (χ4v) is 2.67. The normalized spacial score (nSPS) is 16.9. The van der Waals surface area contributed by atoms with Crippen LogP contribution in [0.1, 0.15) is 29.9 Å². The van der Waals surface area contributed by atoms with Crippen molar-refractivity contribution in [3.8, 4) is 0 Å². The first-order valence-corrected chi connectivity index (χ1v) is 6.79. The van der Waals surface area contributed by atoms with Crippen molar-refractivity contribution in [3.05, 3.63) is 29.3 Å². The molecule has 1 saturated heterocycles.